The van der Waals surface area contributed by atoms with Gasteiger partial charge in [-0.2, -0.15) is 0 Å². The molecule has 0 aromatic carbocycles. The Kier molecular flexibility index (Phi) is 7.65. The van der Waals surface area contributed by atoms with E-state index in [0.717, 1.165) is 12.8 Å². The fourth-order valence-electron chi connectivity index (χ4n) is 1.02. The first kappa shape index (κ1) is 13.8. The van der Waals surface area contributed by atoms with Crippen molar-refractivity contribution < 1.29 is 7.87 Å². The molecule has 0 unspecified atom stereocenters. The molecule has 0 N–H and O–H groups in total. The van der Waals surface area contributed by atoms with Crippen LogP contribution in [-0.4, -0.2) is 22.5 Å². The summed E-state index contributed by atoms with van der Waals surface area (Å²) < 4.78 is 5.63. The molecule has 0 saturated carbocycles. The second-order valence-electron chi connectivity index (χ2n) is 3.04. The van der Waals surface area contributed by atoms with E-state index >= 15 is 0 Å². The Labute approximate surface area is 91.8 Å². The molecule has 0 saturated heterocycles. The molecule has 0 aromatic rings. The van der Waals surface area contributed by atoms with Crippen LogP contribution in [0.4, 0.5) is 0 Å². The van der Waals surface area contributed by atoms with E-state index in [1.165, 1.54) is 19.8 Å². The van der Waals surface area contributed by atoms with Gasteiger partial charge < -0.3 is 0 Å². The van der Waals surface area contributed by atoms with Gasteiger partial charge in [-0.3, -0.25) is 0 Å². The summed E-state index contributed by atoms with van der Waals surface area (Å²) in [7, 11) is 11.9. The van der Waals surface area contributed by atoms with Crippen LogP contribution in [0.3, 0.4) is 0 Å². The summed E-state index contributed by atoms with van der Waals surface area (Å²) in [6, 6.07) is 0. The van der Waals surface area contributed by atoms with E-state index in [0.29, 0.717) is 4.44 Å². The Morgan fingerprint density at radius 2 is 1.92 bits per heavy atom. The number of hydrogen-bond acceptors (Lipinski definition) is 2. The van der Waals surface area contributed by atoms with E-state index in [4.69, 9.17) is 20.9 Å². The van der Waals surface area contributed by atoms with Gasteiger partial charge in [0, 0.05) is 0 Å². The van der Waals surface area contributed by atoms with Gasteiger partial charge in [0.1, 0.15) is 0 Å². The predicted molar refractivity (Wildman–Crippen MR) is 58.2 cm³/mol. The minimum atomic E-state index is -3.43. The van der Waals surface area contributed by atoms with E-state index < -0.39 is 16.5 Å². The molecular formula is C8H16Cl2O2Sn. The van der Waals surface area contributed by atoms with Crippen molar-refractivity contribution in [3.8, 4) is 0 Å². The van der Waals surface area contributed by atoms with Crippen LogP contribution in [0, 0.1) is 0 Å². The van der Waals surface area contributed by atoms with Crippen LogP contribution < -0.4 is 0 Å². The first-order valence-corrected chi connectivity index (χ1v) is 15.0. The van der Waals surface area contributed by atoms with Gasteiger partial charge in [0.2, 0.25) is 0 Å². The summed E-state index contributed by atoms with van der Waals surface area (Å²) >= 11 is -3.43. The predicted octanol–water partition coefficient (Wildman–Crippen LogP) is 3.55. The van der Waals surface area contributed by atoms with Gasteiger partial charge in [-0.25, -0.2) is 0 Å². The minimum absolute atomic E-state index is 0.351. The van der Waals surface area contributed by atoms with Crippen LogP contribution in [-0.2, 0) is 7.87 Å². The molecule has 0 heterocycles. The summed E-state index contributed by atoms with van der Waals surface area (Å²) in [6.45, 7) is 3.49. The molecule has 0 atom stereocenters. The van der Waals surface area contributed by atoms with Crippen LogP contribution in [0.5, 0.6) is 0 Å². The Bertz CT molecular complexity index is 162. The normalized spacial score (nSPS) is 11.4. The zero-order chi connectivity index (χ0) is 10.3. The molecule has 0 spiro atoms. The molecule has 0 aromatic heterocycles. The van der Waals surface area contributed by atoms with Crippen LogP contribution in [0.15, 0.2) is 0 Å². The number of hydrogen-bond donors (Lipinski definition) is 0. The quantitative estimate of drug-likeness (QED) is 0.549. The van der Waals surface area contributed by atoms with Crippen LogP contribution in [0.2, 0.25) is 4.44 Å². The summed E-state index contributed by atoms with van der Waals surface area (Å²) in [5.74, 6) is -0.351. The average molecular weight is 334 g/mol. The summed E-state index contributed by atoms with van der Waals surface area (Å²) in [5.41, 5.74) is 0. The number of carbonyl (C=O) groups is 1. The van der Waals surface area contributed by atoms with Crippen molar-refractivity contribution in [3.05, 3.63) is 0 Å². The fourth-order valence-corrected chi connectivity index (χ4v) is 7.65. The monoisotopic (exact) mass is 334 g/mol. The van der Waals surface area contributed by atoms with Gasteiger partial charge in [-0.1, -0.05) is 0 Å². The van der Waals surface area contributed by atoms with Crippen LogP contribution in [0.1, 0.15) is 39.5 Å². The first-order chi connectivity index (χ1) is 5.98. The van der Waals surface area contributed by atoms with Gasteiger partial charge >= 0.3 is 92.2 Å². The Hall–Kier alpha value is 0.849. The molecule has 0 aliphatic rings. The summed E-state index contributed by atoms with van der Waals surface area (Å²) in [4.78, 5) is 10.6. The zero-order valence-corrected chi connectivity index (χ0v) is 12.5. The molecule has 2 nitrogen and oxygen atoms in total. The van der Waals surface area contributed by atoms with Gasteiger partial charge in [0.15, 0.2) is 0 Å². The third-order valence-corrected chi connectivity index (χ3v) is 9.53. The van der Waals surface area contributed by atoms with Crippen molar-refractivity contribution in [1.82, 2.24) is 0 Å². The number of unbranched alkanes of at least 4 members (excludes halogenated alkanes) is 3. The van der Waals surface area contributed by atoms with E-state index in [9.17, 15) is 4.79 Å². The van der Waals surface area contributed by atoms with Crippen molar-refractivity contribution in [2.75, 3.05) is 0 Å². The van der Waals surface area contributed by atoms with Crippen molar-refractivity contribution in [1.29, 1.82) is 0 Å². The Balaban J connectivity index is 3.56. The Morgan fingerprint density at radius 3 is 2.38 bits per heavy atom. The molecule has 0 amide bonds. The van der Waals surface area contributed by atoms with Crippen molar-refractivity contribution in [2.24, 2.45) is 0 Å². The maximum atomic E-state index is 10.6. The number of halogens is 2. The molecule has 0 radical (unpaired) electrons. The summed E-state index contributed by atoms with van der Waals surface area (Å²) in [5, 5.41) is 0. The molecule has 0 aliphatic heterocycles. The van der Waals surface area contributed by atoms with Crippen LogP contribution >= 0.6 is 17.8 Å². The zero-order valence-electron chi connectivity index (χ0n) is 8.11. The van der Waals surface area contributed by atoms with E-state index in [1.807, 2.05) is 0 Å². The second-order valence-corrected chi connectivity index (χ2v) is 18.2. The third kappa shape index (κ3) is 9.16. The molecule has 13 heavy (non-hydrogen) atoms. The average Bonchev–Trinajstić information content (AvgIpc) is 1.95. The van der Waals surface area contributed by atoms with E-state index in [-0.39, 0.29) is 5.97 Å². The van der Waals surface area contributed by atoms with Gasteiger partial charge in [0.05, 0.1) is 0 Å². The third-order valence-electron chi connectivity index (χ3n) is 1.61. The van der Waals surface area contributed by atoms with Crippen LogP contribution in [0.25, 0.3) is 0 Å². The molecule has 5 heteroatoms. The van der Waals surface area contributed by atoms with Crippen molar-refractivity contribution in [2.45, 2.75) is 44.0 Å². The fraction of sp³-hybridized carbons (Fsp3) is 0.875. The van der Waals surface area contributed by atoms with Crippen molar-refractivity contribution >= 4 is 40.3 Å². The SMILES string of the molecule is CCCCC[CH2][Sn]([Cl])([Cl])[O]C(C)=O. The molecule has 0 aliphatic carbocycles. The summed E-state index contributed by atoms with van der Waals surface area (Å²) in [6.07, 6.45) is 4.47. The maximum absolute atomic E-state index is 10.6. The molecule has 0 rings (SSSR count). The topological polar surface area (TPSA) is 26.3 Å². The molecule has 0 fully saturated rings. The molecular weight excluding hydrogens is 318 g/mol. The first-order valence-electron chi connectivity index (χ1n) is 4.55. The van der Waals surface area contributed by atoms with E-state index in [1.54, 1.807) is 0 Å². The Morgan fingerprint density at radius 1 is 1.31 bits per heavy atom. The van der Waals surface area contributed by atoms with Crippen molar-refractivity contribution in [3.63, 3.8) is 0 Å². The standard InChI is InChI=1S/C6H13.C2H4O2.2ClH.Sn/c1-3-5-6-4-2;1-2(3)4;;;/h1,3-6H2,2H3;1H3,(H,3,4);2*1H;/q;;;;+3/p-3. The van der Waals surface area contributed by atoms with Gasteiger partial charge in [-0.05, 0) is 0 Å². The van der Waals surface area contributed by atoms with Gasteiger partial charge in [0.25, 0.3) is 0 Å². The van der Waals surface area contributed by atoms with E-state index in [2.05, 4.69) is 6.92 Å². The number of rotatable bonds is 6. The van der Waals surface area contributed by atoms with Gasteiger partial charge in [-0.15, -0.1) is 0 Å². The second kappa shape index (κ2) is 7.18. The molecule has 0 bridgehead atoms. The molecule has 78 valence electrons. The number of carbonyl (C=O) groups excluding carboxylic acids is 1.